The van der Waals surface area contributed by atoms with Crippen LogP contribution in [0.1, 0.15) is 0 Å². The Morgan fingerprint density at radius 3 is 2.25 bits per heavy atom. The SMILES string of the molecule is Nc1ccnc(-c2c(F)cccc2F)c1N. The van der Waals surface area contributed by atoms with Crippen LogP contribution >= 0.6 is 0 Å². The monoisotopic (exact) mass is 221 g/mol. The van der Waals surface area contributed by atoms with Crippen molar-refractivity contribution < 1.29 is 8.78 Å². The smallest absolute Gasteiger partial charge is 0.135 e. The molecule has 1 aromatic heterocycles. The molecule has 2 rings (SSSR count). The zero-order valence-corrected chi connectivity index (χ0v) is 8.24. The van der Waals surface area contributed by atoms with Crippen LogP contribution in [0.4, 0.5) is 20.2 Å². The van der Waals surface area contributed by atoms with Gasteiger partial charge in [-0.05, 0) is 18.2 Å². The van der Waals surface area contributed by atoms with Crippen molar-refractivity contribution in [2.45, 2.75) is 0 Å². The molecule has 0 aliphatic heterocycles. The summed E-state index contributed by atoms with van der Waals surface area (Å²) in [6.07, 6.45) is 1.35. The van der Waals surface area contributed by atoms with E-state index < -0.39 is 11.6 Å². The summed E-state index contributed by atoms with van der Waals surface area (Å²) < 4.78 is 26.9. The molecule has 1 aromatic carbocycles. The Hall–Kier alpha value is -2.17. The number of hydrogen-bond acceptors (Lipinski definition) is 3. The van der Waals surface area contributed by atoms with Crippen LogP contribution in [-0.2, 0) is 0 Å². The second kappa shape index (κ2) is 3.77. The molecule has 0 amide bonds. The van der Waals surface area contributed by atoms with Crippen molar-refractivity contribution in [1.29, 1.82) is 0 Å². The van der Waals surface area contributed by atoms with Crippen molar-refractivity contribution in [3.05, 3.63) is 42.1 Å². The summed E-state index contributed by atoms with van der Waals surface area (Å²) in [7, 11) is 0. The van der Waals surface area contributed by atoms with E-state index in [9.17, 15) is 8.78 Å². The molecule has 3 nitrogen and oxygen atoms in total. The van der Waals surface area contributed by atoms with Crippen molar-refractivity contribution in [3.63, 3.8) is 0 Å². The molecule has 0 saturated carbocycles. The molecule has 0 atom stereocenters. The molecule has 16 heavy (non-hydrogen) atoms. The summed E-state index contributed by atoms with van der Waals surface area (Å²) in [5.41, 5.74) is 11.3. The third-order valence-electron chi connectivity index (χ3n) is 2.22. The number of halogens is 2. The Morgan fingerprint density at radius 1 is 1.00 bits per heavy atom. The van der Waals surface area contributed by atoms with Crippen molar-refractivity contribution in [1.82, 2.24) is 4.98 Å². The Kier molecular flexibility index (Phi) is 2.44. The molecule has 5 heteroatoms. The van der Waals surface area contributed by atoms with Gasteiger partial charge in [0.15, 0.2) is 0 Å². The van der Waals surface area contributed by atoms with Gasteiger partial charge in [-0.25, -0.2) is 8.78 Å². The van der Waals surface area contributed by atoms with E-state index in [0.717, 1.165) is 12.1 Å². The van der Waals surface area contributed by atoms with Gasteiger partial charge in [0.1, 0.15) is 17.3 Å². The number of rotatable bonds is 1. The van der Waals surface area contributed by atoms with Crippen LogP contribution < -0.4 is 11.5 Å². The first-order valence-corrected chi connectivity index (χ1v) is 4.55. The Bertz CT molecular complexity index is 520. The number of anilines is 2. The van der Waals surface area contributed by atoms with Gasteiger partial charge in [-0.15, -0.1) is 0 Å². The zero-order chi connectivity index (χ0) is 11.7. The lowest BCUT2D eigenvalue weighted by Crippen LogP contribution is -2.01. The van der Waals surface area contributed by atoms with E-state index in [0.29, 0.717) is 0 Å². The lowest BCUT2D eigenvalue weighted by Gasteiger charge is -2.08. The molecule has 0 aliphatic rings. The Labute approximate surface area is 90.7 Å². The highest BCUT2D eigenvalue weighted by Crippen LogP contribution is 2.31. The van der Waals surface area contributed by atoms with Crippen molar-refractivity contribution in [2.75, 3.05) is 11.5 Å². The maximum Gasteiger partial charge on any atom is 0.135 e. The van der Waals surface area contributed by atoms with Gasteiger partial charge in [0.2, 0.25) is 0 Å². The first kappa shape index (κ1) is 10.4. The third-order valence-corrected chi connectivity index (χ3v) is 2.22. The number of aromatic nitrogens is 1. The Morgan fingerprint density at radius 2 is 1.62 bits per heavy atom. The van der Waals surface area contributed by atoms with Crippen LogP contribution in [0.5, 0.6) is 0 Å². The maximum absolute atomic E-state index is 13.5. The maximum atomic E-state index is 13.5. The van der Waals surface area contributed by atoms with E-state index in [1.54, 1.807) is 0 Å². The van der Waals surface area contributed by atoms with Gasteiger partial charge in [0, 0.05) is 6.20 Å². The largest absolute Gasteiger partial charge is 0.397 e. The van der Waals surface area contributed by atoms with E-state index in [1.807, 2.05) is 0 Å². The molecule has 0 radical (unpaired) electrons. The molecule has 4 N–H and O–H groups in total. The number of nitrogens with two attached hydrogens (primary N) is 2. The van der Waals surface area contributed by atoms with Gasteiger partial charge in [-0.2, -0.15) is 0 Å². The first-order valence-electron chi connectivity index (χ1n) is 4.55. The molecule has 0 aliphatic carbocycles. The minimum atomic E-state index is -0.718. The van der Waals surface area contributed by atoms with Gasteiger partial charge in [0.05, 0.1) is 16.9 Å². The minimum Gasteiger partial charge on any atom is -0.397 e. The van der Waals surface area contributed by atoms with Gasteiger partial charge in [0.25, 0.3) is 0 Å². The van der Waals surface area contributed by atoms with Crippen LogP contribution in [0.2, 0.25) is 0 Å². The van der Waals surface area contributed by atoms with E-state index in [4.69, 9.17) is 11.5 Å². The molecular formula is C11H9F2N3. The summed E-state index contributed by atoms with van der Waals surface area (Å²) in [5.74, 6) is -1.44. The van der Waals surface area contributed by atoms with E-state index >= 15 is 0 Å². The fourth-order valence-electron chi connectivity index (χ4n) is 1.41. The molecule has 0 bridgehead atoms. The number of pyridine rings is 1. The second-order valence-electron chi connectivity index (χ2n) is 3.26. The highest BCUT2D eigenvalue weighted by atomic mass is 19.1. The average Bonchev–Trinajstić information content (AvgIpc) is 2.24. The van der Waals surface area contributed by atoms with Crippen LogP contribution in [0.15, 0.2) is 30.5 Å². The molecule has 2 aromatic rings. The van der Waals surface area contributed by atoms with Crippen molar-refractivity contribution in [3.8, 4) is 11.3 Å². The third kappa shape index (κ3) is 1.56. The van der Waals surface area contributed by atoms with Crippen LogP contribution in [0.25, 0.3) is 11.3 Å². The Balaban J connectivity index is 2.73. The lowest BCUT2D eigenvalue weighted by atomic mass is 10.1. The molecule has 82 valence electrons. The quantitative estimate of drug-likeness (QED) is 0.775. The molecule has 1 heterocycles. The predicted molar refractivity (Wildman–Crippen MR) is 58.4 cm³/mol. The van der Waals surface area contributed by atoms with Gasteiger partial charge in [-0.1, -0.05) is 6.07 Å². The van der Waals surface area contributed by atoms with Gasteiger partial charge < -0.3 is 11.5 Å². The molecule has 0 unspecified atom stereocenters. The number of nitrogens with zero attached hydrogens (tertiary/aromatic N) is 1. The number of benzene rings is 1. The normalized spacial score (nSPS) is 10.4. The van der Waals surface area contributed by atoms with E-state index in [1.165, 1.54) is 18.3 Å². The average molecular weight is 221 g/mol. The highest BCUT2D eigenvalue weighted by molar-refractivity contribution is 5.81. The highest BCUT2D eigenvalue weighted by Gasteiger charge is 2.15. The molecular weight excluding hydrogens is 212 g/mol. The summed E-state index contributed by atoms with van der Waals surface area (Å²) >= 11 is 0. The van der Waals surface area contributed by atoms with E-state index in [2.05, 4.69) is 4.98 Å². The fourth-order valence-corrected chi connectivity index (χ4v) is 1.41. The van der Waals surface area contributed by atoms with Crippen LogP contribution in [0, 0.1) is 11.6 Å². The van der Waals surface area contributed by atoms with Crippen molar-refractivity contribution in [2.24, 2.45) is 0 Å². The zero-order valence-electron chi connectivity index (χ0n) is 8.24. The summed E-state index contributed by atoms with van der Waals surface area (Å²) in [6.45, 7) is 0. The molecule has 0 spiro atoms. The lowest BCUT2D eigenvalue weighted by molar-refractivity contribution is 0.589. The van der Waals surface area contributed by atoms with Crippen LogP contribution in [-0.4, -0.2) is 4.98 Å². The topological polar surface area (TPSA) is 64.9 Å². The van der Waals surface area contributed by atoms with Crippen LogP contribution in [0.3, 0.4) is 0 Å². The predicted octanol–water partition coefficient (Wildman–Crippen LogP) is 2.19. The number of nitrogen functional groups attached to an aromatic ring is 2. The van der Waals surface area contributed by atoms with E-state index in [-0.39, 0.29) is 22.6 Å². The van der Waals surface area contributed by atoms with Gasteiger partial charge >= 0.3 is 0 Å². The summed E-state index contributed by atoms with van der Waals surface area (Å²) in [6, 6.07) is 5.03. The molecule has 0 fully saturated rings. The van der Waals surface area contributed by atoms with Gasteiger partial charge in [-0.3, -0.25) is 4.98 Å². The summed E-state index contributed by atoms with van der Waals surface area (Å²) in [4.78, 5) is 3.85. The van der Waals surface area contributed by atoms with Crippen molar-refractivity contribution >= 4 is 11.4 Å². The second-order valence-corrected chi connectivity index (χ2v) is 3.26. The minimum absolute atomic E-state index is 0.0237. The standard InChI is InChI=1S/C11H9F2N3/c12-6-2-1-3-7(13)9(6)11-10(15)8(14)4-5-16-11/h1-5H,15H2,(H2,14,16). The number of hydrogen-bond donors (Lipinski definition) is 2. The fraction of sp³-hybridized carbons (Fsp3) is 0. The summed E-state index contributed by atoms with van der Waals surface area (Å²) in [5, 5.41) is 0. The first-order chi connectivity index (χ1) is 7.61. The molecule has 0 saturated heterocycles.